The van der Waals surface area contributed by atoms with Gasteiger partial charge in [0.15, 0.2) is 0 Å². The highest BCUT2D eigenvalue weighted by atomic mass is 79.9. The summed E-state index contributed by atoms with van der Waals surface area (Å²) in [6.07, 6.45) is 0. The van der Waals surface area contributed by atoms with Gasteiger partial charge in [0.2, 0.25) is 0 Å². The van der Waals surface area contributed by atoms with E-state index in [9.17, 15) is 0 Å². The van der Waals surface area contributed by atoms with Crippen molar-refractivity contribution in [1.29, 1.82) is 0 Å². The zero-order valence-corrected chi connectivity index (χ0v) is 23.9. The van der Waals surface area contributed by atoms with E-state index in [1.807, 2.05) is 0 Å². The molecule has 0 aromatic heterocycles. The number of hydrogen-bond donors (Lipinski definition) is 0. The molecule has 0 saturated carbocycles. The SMILES string of the molecule is CC(C)(C)[Si](C)(C)C1=C2C(=C([Si](C)(C)C)c3ccccc32)c2cc(Br)c(Br)cc21. The van der Waals surface area contributed by atoms with Gasteiger partial charge in [-0.05, 0) is 92.8 Å². The van der Waals surface area contributed by atoms with E-state index < -0.39 is 16.1 Å². The van der Waals surface area contributed by atoms with Gasteiger partial charge in [0, 0.05) is 8.95 Å². The summed E-state index contributed by atoms with van der Waals surface area (Å²) in [4.78, 5) is 0. The molecule has 2 aromatic rings. The third-order valence-corrected chi connectivity index (χ3v) is 16.4. The minimum atomic E-state index is -1.78. The molecule has 0 spiro atoms. The monoisotopic (exact) mass is 544 g/mol. The molecule has 29 heavy (non-hydrogen) atoms. The quantitative estimate of drug-likeness (QED) is 0.330. The third kappa shape index (κ3) is 3.09. The third-order valence-electron chi connectivity index (χ3n) is 7.06. The molecule has 152 valence electrons. The smallest absolute Gasteiger partial charge is 0.0656 e. The van der Waals surface area contributed by atoms with Crippen molar-refractivity contribution < 1.29 is 0 Å². The summed E-state index contributed by atoms with van der Waals surface area (Å²) < 4.78 is 2.29. The van der Waals surface area contributed by atoms with Crippen molar-refractivity contribution >= 4 is 69.5 Å². The van der Waals surface area contributed by atoms with E-state index in [2.05, 4.69) is 122 Å². The molecule has 2 aliphatic rings. The second kappa shape index (κ2) is 6.65. The molecule has 4 heteroatoms. The largest absolute Gasteiger partial charge is 0.0875 e. The zero-order chi connectivity index (χ0) is 21.5. The number of fused-ring (bicyclic) bond motifs is 5. The molecule has 0 saturated heterocycles. The van der Waals surface area contributed by atoms with E-state index in [1.165, 1.54) is 27.8 Å². The molecule has 0 nitrogen and oxygen atoms in total. The van der Waals surface area contributed by atoms with Crippen LogP contribution in [0.2, 0.25) is 37.8 Å². The summed E-state index contributed by atoms with van der Waals surface area (Å²) in [6.45, 7) is 19.9. The Kier molecular flexibility index (Phi) is 4.94. The fraction of sp³-hybridized carbons (Fsp3) is 0.360. The van der Waals surface area contributed by atoms with Crippen molar-refractivity contribution in [1.82, 2.24) is 0 Å². The molecule has 2 aliphatic carbocycles. The van der Waals surface area contributed by atoms with Crippen LogP contribution < -0.4 is 0 Å². The maximum Gasteiger partial charge on any atom is 0.0875 e. The number of rotatable bonds is 2. The van der Waals surface area contributed by atoms with Gasteiger partial charge in [0.25, 0.3) is 0 Å². The predicted octanol–water partition coefficient (Wildman–Crippen LogP) is 9.29. The lowest BCUT2D eigenvalue weighted by atomic mass is 10.0. The molecule has 4 rings (SSSR count). The van der Waals surface area contributed by atoms with Crippen LogP contribution in [0.25, 0.3) is 21.5 Å². The molecule has 0 heterocycles. The molecule has 0 N–H and O–H groups in total. The first-order valence-electron chi connectivity index (χ1n) is 10.4. The fourth-order valence-electron chi connectivity index (χ4n) is 4.74. The molecule has 0 fully saturated rings. The lowest BCUT2D eigenvalue weighted by Gasteiger charge is -2.39. The Bertz CT molecular complexity index is 1110. The summed E-state index contributed by atoms with van der Waals surface area (Å²) in [5.74, 6) is 0. The minimum absolute atomic E-state index is 0.276. The first-order valence-corrected chi connectivity index (χ1v) is 18.4. The van der Waals surface area contributed by atoms with E-state index in [-0.39, 0.29) is 5.04 Å². The lowest BCUT2D eigenvalue weighted by molar-refractivity contribution is 0.730. The molecule has 0 atom stereocenters. The average Bonchev–Trinajstić information content (AvgIpc) is 3.06. The van der Waals surface area contributed by atoms with Gasteiger partial charge in [-0.1, -0.05) is 77.8 Å². The topological polar surface area (TPSA) is 0 Å². The molecule has 0 radical (unpaired) electrons. The summed E-state index contributed by atoms with van der Waals surface area (Å²) in [7, 11) is -3.34. The molecular formula is C25H30Br2Si2. The van der Waals surface area contributed by atoms with Gasteiger partial charge in [0.05, 0.1) is 16.1 Å². The van der Waals surface area contributed by atoms with Gasteiger partial charge in [-0.15, -0.1) is 0 Å². The Hall–Kier alpha value is -0.686. The predicted molar refractivity (Wildman–Crippen MR) is 142 cm³/mol. The number of halogens is 2. The number of benzene rings is 2. The van der Waals surface area contributed by atoms with Crippen molar-refractivity contribution in [3.05, 3.63) is 67.6 Å². The van der Waals surface area contributed by atoms with E-state index in [4.69, 9.17) is 0 Å². The number of allylic oxidation sites excluding steroid dienone is 2. The average molecular weight is 546 g/mol. The normalized spacial score (nSPS) is 16.3. The highest BCUT2D eigenvalue weighted by Gasteiger charge is 2.48. The summed E-state index contributed by atoms with van der Waals surface area (Å²) >= 11 is 7.59. The Morgan fingerprint density at radius 1 is 0.655 bits per heavy atom. The van der Waals surface area contributed by atoms with Crippen LogP contribution in [-0.2, 0) is 0 Å². The molecule has 0 unspecified atom stereocenters. The maximum absolute atomic E-state index is 3.80. The van der Waals surface area contributed by atoms with E-state index in [0.717, 1.165) is 8.95 Å². The Balaban J connectivity index is 2.23. The van der Waals surface area contributed by atoms with Crippen LogP contribution in [0.15, 0.2) is 45.3 Å². The van der Waals surface area contributed by atoms with Crippen LogP contribution in [0, 0.1) is 0 Å². The van der Waals surface area contributed by atoms with Crippen molar-refractivity contribution in [3.8, 4) is 0 Å². The Morgan fingerprint density at radius 2 is 1.14 bits per heavy atom. The fourth-order valence-corrected chi connectivity index (χ4v) is 9.98. The summed E-state index contributed by atoms with van der Waals surface area (Å²) in [6, 6.07) is 13.9. The van der Waals surface area contributed by atoms with Crippen molar-refractivity contribution in [3.63, 3.8) is 0 Å². The van der Waals surface area contributed by atoms with Gasteiger partial charge in [-0.3, -0.25) is 0 Å². The molecule has 0 aliphatic heterocycles. The first kappa shape index (κ1) is 21.5. The second-order valence-corrected chi connectivity index (χ2v) is 22.9. The Morgan fingerprint density at radius 3 is 1.66 bits per heavy atom. The second-order valence-electron chi connectivity index (χ2n) is 11.0. The van der Waals surface area contributed by atoms with Crippen LogP contribution in [0.5, 0.6) is 0 Å². The van der Waals surface area contributed by atoms with Crippen molar-refractivity contribution in [2.45, 2.75) is 58.5 Å². The Labute approximate surface area is 194 Å². The molecule has 2 aromatic carbocycles. The van der Waals surface area contributed by atoms with Crippen LogP contribution >= 0.6 is 31.9 Å². The van der Waals surface area contributed by atoms with Crippen LogP contribution in [-0.4, -0.2) is 16.1 Å². The zero-order valence-electron chi connectivity index (χ0n) is 18.7. The molecule has 0 amide bonds. The van der Waals surface area contributed by atoms with E-state index in [0.29, 0.717) is 0 Å². The molecule has 0 bridgehead atoms. The van der Waals surface area contributed by atoms with Crippen LogP contribution in [0.3, 0.4) is 0 Å². The standard InChI is InChI=1S/C25H30Br2Si2/c1-25(2,3)29(7,8)24-18-14-20(27)19(26)13-17(18)22-21(24)15-11-9-10-12-16(15)23(22)28(4,5)6/h9-14H,1-8H3. The summed E-state index contributed by atoms with van der Waals surface area (Å²) in [5.41, 5.74) is 8.92. The van der Waals surface area contributed by atoms with Gasteiger partial charge < -0.3 is 0 Å². The highest BCUT2D eigenvalue weighted by molar-refractivity contribution is 9.13. The van der Waals surface area contributed by atoms with E-state index in [1.54, 1.807) is 16.0 Å². The van der Waals surface area contributed by atoms with Crippen molar-refractivity contribution in [2.24, 2.45) is 0 Å². The van der Waals surface area contributed by atoms with Crippen molar-refractivity contribution in [2.75, 3.05) is 0 Å². The minimum Gasteiger partial charge on any atom is -0.0656 e. The summed E-state index contributed by atoms with van der Waals surface area (Å²) in [5, 5.41) is 3.55. The maximum atomic E-state index is 3.80. The van der Waals surface area contributed by atoms with Gasteiger partial charge in [-0.2, -0.15) is 0 Å². The number of hydrogen-bond acceptors (Lipinski definition) is 0. The first-order chi connectivity index (χ1) is 13.3. The van der Waals surface area contributed by atoms with Gasteiger partial charge in [0.1, 0.15) is 0 Å². The van der Waals surface area contributed by atoms with Gasteiger partial charge in [-0.25, -0.2) is 0 Å². The van der Waals surface area contributed by atoms with Crippen LogP contribution in [0.1, 0.15) is 43.0 Å². The molecular weight excluding hydrogens is 516 g/mol. The lowest BCUT2D eigenvalue weighted by Crippen LogP contribution is -2.39. The van der Waals surface area contributed by atoms with Crippen LogP contribution in [0.4, 0.5) is 0 Å². The highest BCUT2D eigenvalue weighted by Crippen LogP contribution is 2.62. The van der Waals surface area contributed by atoms with E-state index >= 15 is 0 Å². The van der Waals surface area contributed by atoms with Gasteiger partial charge >= 0.3 is 0 Å².